The van der Waals surface area contributed by atoms with Gasteiger partial charge in [0.05, 0.1) is 0 Å². The third-order valence-corrected chi connectivity index (χ3v) is 1.57. The fraction of sp³-hybridized carbons (Fsp3) is 0.125. The highest BCUT2D eigenvalue weighted by Crippen LogP contribution is 2.13. The van der Waals surface area contributed by atoms with Gasteiger partial charge < -0.3 is 5.73 Å². The lowest BCUT2D eigenvalue weighted by Gasteiger charge is -2.02. The van der Waals surface area contributed by atoms with Crippen molar-refractivity contribution < 1.29 is 13.6 Å². The van der Waals surface area contributed by atoms with Crippen molar-refractivity contribution in [3.05, 3.63) is 34.9 Å². The Morgan fingerprint density at radius 1 is 1.42 bits per heavy atom. The molecule has 0 saturated heterocycles. The molecule has 0 aliphatic heterocycles. The standard InChI is InChI=1S/C8H7F2NO/c1-4-6(8(11)12)2-5(9)3-7(4)10/h2-3H,1H3,(H2,11,12). The number of carbonyl (C=O) groups excluding carboxylic acids is 1. The van der Waals surface area contributed by atoms with Gasteiger partial charge in [0.2, 0.25) is 5.91 Å². The third kappa shape index (κ3) is 1.42. The highest BCUT2D eigenvalue weighted by atomic mass is 19.1. The number of amides is 1. The van der Waals surface area contributed by atoms with Crippen molar-refractivity contribution in [1.29, 1.82) is 0 Å². The molecule has 0 aromatic heterocycles. The molecule has 1 rings (SSSR count). The third-order valence-electron chi connectivity index (χ3n) is 1.57. The van der Waals surface area contributed by atoms with E-state index in [4.69, 9.17) is 5.73 Å². The van der Waals surface area contributed by atoms with Crippen LogP contribution in [-0.4, -0.2) is 5.91 Å². The van der Waals surface area contributed by atoms with Crippen LogP contribution in [0.15, 0.2) is 12.1 Å². The average molecular weight is 171 g/mol. The SMILES string of the molecule is Cc1c(F)cc(F)cc1C(N)=O. The van der Waals surface area contributed by atoms with Gasteiger partial charge in [0.1, 0.15) is 11.6 Å². The van der Waals surface area contributed by atoms with Crippen LogP contribution in [0.1, 0.15) is 15.9 Å². The Labute approximate surface area is 68.0 Å². The van der Waals surface area contributed by atoms with Gasteiger partial charge in [-0.15, -0.1) is 0 Å². The molecule has 1 aromatic rings. The molecule has 0 heterocycles. The molecular weight excluding hydrogens is 164 g/mol. The van der Waals surface area contributed by atoms with E-state index in [0.29, 0.717) is 6.07 Å². The van der Waals surface area contributed by atoms with Crippen molar-refractivity contribution in [2.45, 2.75) is 6.92 Å². The summed E-state index contributed by atoms with van der Waals surface area (Å²) < 4.78 is 25.3. The maximum absolute atomic E-state index is 12.8. The van der Waals surface area contributed by atoms with E-state index in [1.807, 2.05) is 0 Å². The van der Waals surface area contributed by atoms with Gasteiger partial charge in [-0.3, -0.25) is 4.79 Å². The summed E-state index contributed by atoms with van der Waals surface area (Å²) in [7, 11) is 0. The summed E-state index contributed by atoms with van der Waals surface area (Å²) in [6.45, 7) is 1.37. The first kappa shape index (κ1) is 8.64. The number of halogens is 2. The molecule has 1 amide bonds. The van der Waals surface area contributed by atoms with E-state index >= 15 is 0 Å². The number of carbonyl (C=O) groups is 1. The van der Waals surface area contributed by atoms with Gasteiger partial charge in [0.15, 0.2) is 0 Å². The van der Waals surface area contributed by atoms with E-state index in [1.165, 1.54) is 6.92 Å². The van der Waals surface area contributed by atoms with Crippen LogP contribution in [0.25, 0.3) is 0 Å². The second-order valence-corrected chi connectivity index (χ2v) is 2.42. The Bertz CT molecular complexity index is 336. The molecule has 2 nitrogen and oxygen atoms in total. The molecule has 64 valence electrons. The Morgan fingerprint density at radius 2 is 2.00 bits per heavy atom. The lowest BCUT2D eigenvalue weighted by Crippen LogP contribution is -2.13. The van der Waals surface area contributed by atoms with E-state index in [2.05, 4.69) is 0 Å². The van der Waals surface area contributed by atoms with Crippen LogP contribution >= 0.6 is 0 Å². The number of hydrogen-bond donors (Lipinski definition) is 1. The van der Waals surface area contributed by atoms with E-state index in [1.54, 1.807) is 0 Å². The summed E-state index contributed by atoms with van der Waals surface area (Å²) in [5.74, 6) is -2.39. The fourth-order valence-corrected chi connectivity index (χ4v) is 0.902. The maximum Gasteiger partial charge on any atom is 0.249 e. The van der Waals surface area contributed by atoms with Crippen LogP contribution in [0, 0.1) is 18.6 Å². The van der Waals surface area contributed by atoms with Gasteiger partial charge in [-0.25, -0.2) is 8.78 Å². The molecule has 2 N–H and O–H groups in total. The molecule has 0 unspecified atom stereocenters. The zero-order chi connectivity index (χ0) is 9.30. The topological polar surface area (TPSA) is 43.1 Å². The second kappa shape index (κ2) is 2.89. The predicted octanol–water partition coefficient (Wildman–Crippen LogP) is 1.37. The Balaban J connectivity index is 3.37. The zero-order valence-corrected chi connectivity index (χ0v) is 6.40. The van der Waals surface area contributed by atoms with Crippen molar-refractivity contribution in [3.8, 4) is 0 Å². The summed E-state index contributed by atoms with van der Waals surface area (Å²) in [5.41, 5.74) is 4.84. The number of hydrogen-bond acceptors (Lipinski definition) is 1. The molecule has 0 atom stereocenters. The van der Waals surface area contributed by atoms with Crippen molar-refractivity contribution >= 4 is 5.91 Å². The Morgan fingerprint density at radius 3 is 2.50 bits per heavy atom. The van der Waals surface area contributed by atoms with Crippen molar-refractivity contribution in [2.75, 3.05) is 0 Å². The summed E-state index contributed by atoms with van der Waals surface area (Å²) in [6.07, 6.45) is 0. The molecule has 0 saturated carbocycles. The lowest BCUT2D eigenvalue weighted by molar-refractivity contribution is 0.0998. The molecule has 0 aliphatic rings. The molecule has 0 radical (unpaired) electrons. The Hall–Kier alpha value is -1.45. The largest absolute Gasteiger partial charge is 0.366 e. The minimum Gasteiger partial charge on any atom is -0.366 e. The first-order valence-corrected chi connectivity index (χ1v) is 3.28. The molecule has 0 aliphatic carbocycles. The predicted molar refractivity (Wildman–Crippen MR) is 39.6 cm³/mol. The molecule has 1 aromatic carbocycles. The summed E-state index contributed by atoms with van der Waals surface area (Å²) in [5, 5.41) is 0. The van der Waals surface area contributed by atoms with Crippen molar-refractivity contribution in [2.24, 2.45) is 5.73 Å². The monoisotopic (exact) mass is 171 g/mol. The second-order valence-electron chi connectivity index (χ2n) is 2.42. The number of benzene rings is 1. The quantitative estimate of drug-likeness (QED) is 0.681. The minimum absolute atomic E-state index is 0.0731. The van der Waals surface area contributed by atoms with Crippen LogP contribution in [0.5, 0.6) is 0 Å². The van der Waals surface area contributed by atoms with E-state index in [9.17, 15) is 13.6 Å². The summed E-state index contributed by atoms with van der Waals surface area (Å²) in [6, 6.07) is 1.63. The normalized spacial score (nSPS) is 9.92. The number of rotatable bonds is 1. The van der Waals surface area contributed by atoms with Gasteiger partial charge in [0.25, 0.3) is 0 Å². The van der Waals surface area contributed by atoms with E-state index < -0.39 is 17.5 Å². The van der Waals surface area contributed by atoms with Crippen LogP contribution in [0.2, 0.25) is 0 Å². The molecule has 12 heavy (non-hydrogen) atoms. The van der Waals surface area contributed by atoms with E-state index in [-0.39, 0.29) is 11.1 Å². The smallest absolute Gasteiger partial charge is 0.249 e. The average Bonchev–Trinajstić information content (AvgIpc) is 1.96. The van der Waals surface area contributed by atoms with Crippen LogP contribution in [-0.2, 0) is 0 Å². The summed E-state index contributed by atoms with van der Waals surface area (Å²) >= 11 is 0. The fourth-order valence-electron chi connectivity index (χ4n) is 0.902. The van der Waals surface area contributed by atoms with Crippen LogP contribution in [0.4, 0.5) is 8.78 Å². The first-order valence-electron chi connectivity index (χ1n) is 3.28. The summed E-state index contributed by atoms with van der Waals surface area (Å²) in [4.78, 5) is 10.6. The molecular formula is C8H7F2NO. The highest BCUT2D eigenvalue weighted by molar-refractivity contribution is 5.94. The van der Waals surface area contributed by atoms with Crippen LogP contribution in [0.3, 0.4) is 0 Å². The van der Waals surface area contributed by atoms with E-state index in [0.717, 1.165) is 6.07 Å². The molecule has 0 bridgehead atoms. The molecule has 4 heteroatoms. The lowest BCUT2D eigenvalue weighted by atomic mass is 10.1. The molecule has 0 fully saturated rings. The van der Waals surface area contributed by atoms with Crippen molar-refractivity contribution in [3.63, 3.8) is 0 Å². The van der Waals surface area contributed by atoms with Gasteiger partial charge in [0, 0.05) is 11.6 Å². The van der Waals surface area contributed by atoms with Crippen molar-refractivity contribution in [1.82, 2.24) is 0 Å². The first-order chi connectivity index (χ1) is 5.52. The van der Waals surface area contributed by atoms with Gasteiger partial charge >= 0.3 is 0 Å². The number of nitrogens with two attached hydrogens (primary N) is 1. The highest BCUT2D eigenvalue weighted by Gasteiger charge is 2.10. The zero-order valence-electron chi connectivity index (χ0n) is 6.40. The number of primary amides is 1. The maximum atomic E-state index is 12.8. The van der Waals surface area contributed by atoms with Gasteiger partial charge in [-0.2, -0.15) is 0 Å². The van der Waals surface area contributed by atoms with Crippen LogP contribution < -0.4 is 5.73 Å². The van der Waals surface area contributed by atoms with Gasteiger partial charge in [-0.05, 0) is 18.6 Å². The minimum atomic E-state index is -0.828. The van der Waals surface area contributed by atoms with Gasteiger partial charge in [-0.1, -0.05) is 0 Å². The molecule has 0 spiro atoms. The Kier molecular flexibility index (Phi) is 2.08.